The Hall–Kier alpha value is -2.37. The molecule has 0 unspecified atom stereocenters. The van der Waals surface area contributed by atoms with Crippen molar-refractivity contribution in [3.63, 3.8) is 0 Å². The van der Waals surface area contributed by atoms with Crippen molar-refractivity contribution >= 4 is 29.3 Å². The number of halogens is 1. The van der Waals surface area contributed by atoms with Gasteiger partial charge in [0.1, 0.15) is 5.82 Å². The largest absolute Gasteiger partial charge is 0.336 e. The lowest BCUT2D eigenvalue weighted by Crippen LogP contribution is -2.46. The van der Waals surface area contributed by atoms with Crippen LogP contribution in [0.3, 0.4) is 0 Å². The van der Waals surface area contributed by atoms with Gasteiger partial charge in [-0.2, -0.15) is 0 Å². The number of rotatable bonds is 2. The quantitative estimate of drug-likeness (QED) is 0.768. The van der Waals surface area contributed by atoms with Gasteiger partial charge < -0.3 is 10.2 Å². The number of hydrogen-bond donors (Lipinski definition) is 1. The molecule has 0 radical (unpaired) electrons. The maximum Gasteiger partial charge on any atom is 0.253 e. The number of carbonyl (C=O) groups is 1. The second-order valence-corrected chi connectivity index (χ2v) is 6.07. The van der Waals surface area contributed by atoms with Crippen molar-refractivity contribution < 1.29 is 4.79 Å². The van der Waals surface area contributed by atoms with Crippen LogP contribution in [0.2, 0.25) is 0 Å². The molecule has 1 amide bonds. The highest BCUT2D eigenvalue weighted by Crippen LogP contribution is 2.21. The van der Waals surface area contributed by atoms with E-state index in [2.05, 4.69) is 20.9 Å². The Bertz CT molecular complexity index is 882. The smallest absolute Gasteiger partial charge is 0.253 e. The fourth-order valence-corrected chi connectivity index (χ4v) is 3.28. The number of fused-ring (bicyclic) bond motifs is 1. The van der Waals surface area contributed by atoms with Gasteiger partial charge in [0.15, 0.2) is 0 Å². The average Bonchev–Trinajstić information content (AvgIpc) is 2.98. The molecule has 3 aromatic rings. The van der Waals surface area contributed by atoms with Crippen LogP contribution < -0.4 is 5.32 Å². The molecule has 0 bridgehead atoms. The molecule has 0 saturated carbocycles. The molecule has 2 aromatic carbocycles. The monoisotopic (exact) mass is 356 g/mol. The second-order valence-electron chi connectivity index (χ2n) is 6.07. The van der Waals surface area contributed by atoms with Gasteiger partial charge in [-0.1, -0.05) is 12.1 Å². The number of imidazole rings is 1. The predicted octanol–water partition coefficient (Wildman–Crippen LogP) is 2.80. The summed E-state index contributed by atoms with van der Waals surface area (Å²) in [5.41, 5.74) is 3.83. The zero-order chi connectivity index (χ0) is 16.5. The summed E-state index contributed by atoms with van der Waals surface area (Å²) in [7, 11) is 0. The maximum absolute atomic E-state index is 12.6. The first-order chi connectivity index (χ1) is 11.7. The Morgan fingerprint density at radius 3 is 2.44 bits per heavy atom. The molecule has 1 saturated heterocycles. The predicted molar refractivity (Wildman–Crippen MR) is 102 cm³/mol. The Morgan fingerprint density at radius 1 is 1.04 bits per heavy atom. The molecule has 4 rings (SSSR count). The number of piperazine rings is 1. The summed E-state index contributed by atoms with van der Waals surface area (Å²) >= 11 is 0. The SMILES string of the molecule is Cc1nc2ccccc2n1-c1ccc(C(=O)N2CCNCC2)cc1.Cl. The number of hydrogen-bond acceptors (Lipinski definition) is 3. The van der Waals surface area contributed by atoms with Gasteiger partial charge in [0.2, 0.25) is 0 Å². The summed E-state index contributed by atoms with van der Waals surface area (Å²) in [6.07, 6.45) is 0. The minimum atomic E-state index is 0. The molecule has 2 heterocycles. The lowest BCUT2D eigenvalue weighted by molar-refractivity contribution is 0.0736. The second kappa shape index (κ2) is 7.25. The fourth-order valence-electron chi connectivity index (χ4n) is 3.28. The number of benzene rings is 2. The van der Waals surface area contributed by atoms with Crippen LogP contribution in [0.25, 0.3) is 16.7 Å². The molecule has 25 heavy (non-hydrogen) atoms. The number of carbonyl (C=O) groups excluding carboxylic acids is 1. The molecule has 0 atom stereocenters. The highest BCUT2D eigenvalue weighted by molar-refractivity contribution is 5.94. The fraction of sp³-hybridized carbons (Fsp3) is 0.263. The van der Waals surface area contributed by atoms with Gasteiger partial charge in [-0.3, -0.25) is 9.36 Å². The number of nitrogens with one attached hydrogen (secondary N) is 1. The topological polar surface area (TPSA) is 50.2 Å². The summed E-state index contributed by atoms with van der Waals surface area (Å²) in [5, 5.41) is 3.27. The summed E-state index contributed by atoms with van der Waals surface area (Å²) < 4.78 is 2.12. The van der Waals surface area contributed by atoms with Gasteiger partial charge in [-0.15, -0.1) is 12.4 Å². The highest BCUT2D eigenvalue weighted by Gasteiger charge is 2.18. The van der Waals surface area contributed by atoms with E-state index in [9.17, 15) is 4.79 Å². The van der Waals surface area contributed by atoms with Crippen molar-refractivity contribution in [2.75, 3.05) is 26.2 Å². The molecule has 1 aromatic heterocycles. The Balaban J connectivity index is 0.00000182. The number of para-hydroxylation sites is 2. The Kier molecular flexibility index (Phi) is 5.06. The van der Waals surface area contributed by atoms with Gasteiger partial charge in [0, 0.05) is 37.4 Å². The summed E-state index contributed by atoms with van der Waals surface area (Å²) in [6.45, 7) is 5.27. The van der Waals surface area contributed by atoms with Crippen molar-refractivity contribution in [2.24, 2.45) is 0 Å². The molecule has 1 N–H and O–H groups in total. The molecule has 0 aliphatic carbocycles. The molecular weight excluding hydrogens is 336 g/mol. The number of aromatic nitrogens is 2. The normalized spacial score (nSPS) is 14.4. The van der Waals surface area contributed by atoms with Crippen LogP contribution in [0.1, 0.15) is 16.2 Å². The van der Waals surface area contributed by atoms with E-state index in [-0.39, 0.29) is 18.3 Å². The third-order valence-corrected chi connectivity index (χ3v) is 4.51. The van der Waals surface area contributed by atoms with Gasteiger partial charge in [-0.25, -0.2) is 4.98 Å². The third kappa shape index (κ3) is 3.25. The standard InChI is InChI=1S/C19H20N4O.ClH/c1-14-21-17-4-2-3-5-18(17)23(14)16-8-6-15(7-9-16)19(24)22-12-10-20-11-13-22;/h2-9,20H,10-13H2,1H3;1H. The van der Waals surface area contributed by atoms with Crippen molar-refractivity contribution in [3.05, 3.63) is 59.9 Å². The summed E-state index contributed by atoms with van der Waals surface area (Å²) in [6, 6.07) is 15.9. The van der Waals surface area contributed by atoms with Crippen LogP contribution in [0.5, 0.6) is 0 Å². The summed E-state index contributed by atoms with van der Waals surface area (Å²) in [5.74, 6) is 1.05. The van der Waals surface area contributed by atoms with E-state index in [0.29, 0.717) is 0 Å². The third-order valence-electron chi connectivity index (χ3n) is 4.51. The number of aryl methyl sites for hydroxylation is 1. The van der Waals surface area contributed by atoms with E-state index >= 15 is 0 Å². The van der Waals surface area contributed by atoms with Crippen LogP contribution in [0, 0.1) is 6.92 Å². The van der Waals surface area contributed by atoms with E-state index in [1.54, 1.807) is 0 Å². The zero-order valence-corrected chi connectivity index (χ0v) is 14.9. The van der Waals surface area contributed by atoms with Gasteiger partial charge in [0.05, 0.1) is 11.0 Å². The van der Waals surface area contributed by atoms with Crippen LogP contribution in [-0.2, 0) is 0 Å². The molecule has 1 fully saturated rings. The molecule has 5 nitrogen and oxygen atoms in total. The van der Waals surface area contributed by atoms with Crippen molar-refractivity contribution in [2.45, 2.75) is 6.92 Å². The minimum Gasteiger partial charge on any atom is -0.336 e. The van der Waals surface area contributed by atoms with Crippen molar-refractivity contribution in [3.8, 4) is 5.69 Å². The Morgan fingerprint density at radius 2 is 1.72 bits per heavy atom. The highest BCUT2D eigenvalue weighted by atomic mass is 35.5. The van der Waals surface area contributed by atoms with Crippen LogP contribution in [-0.4, -0.2) is 46.5 Å². The van der Waals surface area contributed by atoms with E-state index in [1.807, 2.05) is 54.3 Å². The van der Waals surface area contributed by atoms with E-state index in [0.717, 1.165) is 54.3 Å². The van der Waals surface area contributed by atoms with Gasteiger partial charge in [0.25, 0.3) is 5.91 Å². The lowest BCUT2D eigenvalue weighted by atomic mass is 10.1. The molecule has 1 aliphatic rings. The first-order valence-corrected chi connectivity index (χ1v) is 8.28. The van der Waals surface area contributed by atoms with Crippen LogP contribution in [0.15, 0.2) is 48.5 Å². The van der Waals surface area contributed by atoms with Crippen molar-refractivity contribution in [1.82, 2.24) is 19.8 Å². The maximum atomic E-state index is 12.6. The first kappa shape index (κ1) is 17.5. The van der Waals surface area contributed by atoms with Crippen LogP contribution in [0.4, 0.5) is 0 Å². The van der Waals surface area contributed by atoms with Crippen molar-refractivity contribution in [1.29, 1.82) is 0 Å². The first-order valence-electron chi connectivity index (χ1n) is 8.28. The molecular formula is C19H21ClN4O. The number of amides is 1. The van der Waals surface area contributed by atoms with E-state index in [4.69, 9.17) is 0 Å². The average molecular weight is 357 g/mol. The van der Waals surface area contributed by atoms with E-state index in [1.165, 1.54) is 0 Å². The molecule has 1 aliphatic heterocycles. The number of nitrogens with zero attached hydrogens (tertiary/aromatic N) is 3. The molecule has 130 valence electrons. The van der Waals surface area contributed by atoms with Crippen LogP contribution >= 0.6 is 12.4 Å². The zero-order valence-electron chi connectivity index (χ0n) is 14.1. The van der Waals surface area contributed by atoms with Gasteiger partial charge in [-0.05, 0) is 43.3 Å². The molecule has 6 heteroatoms. The lowest BCUT2D eigenvalue weighted by Gasteiger charge is -2.27. The summed E-state index contributed by atoms with van der Waals surface area (Å²) in [4.78, 5) is 19.1. The van der Waals surface area contributed by atoms with Gasteiger partial charge >= 0.3 is 0 Å². The Labute approximate surface area is 153 Å². The van der Waals surface area contributed by atoms with E-state index < -0.39 is 0 Å². The minimum absolute atomic E-state index is 0. The molecule has 0 spiro atoms.